The van der Waals surface area contributed by atoms with E-state index in [9.17, 15) is 4.79 Å². The molecule has 2 aromatic rings. The first-order chi connectivity index (χ1) is 12.3. The molecule has 0 heterocycles. The van der Waals surface area contributed by atoms with Gasteiger partial charge in [-0.05, 0) is 44.7 Å². The molecule has 3 nitrogen and oxygen atoms in total. The largest absolute Gasteiger partial charge is 0.459 e. The van der Waals surface area contributed by atoms with Crippen LogP contribution in [0.4, 0.5) is 0 Å². The van der Waals surface area contributed by atoms with Gasteiger partial charge in [-0.2, -0.15) is 0 Å². The third-order valence-electron chi connectivity index (χ3n) is 4.32. The minimum atomic E-state index is -1.19. The van der Waals surface area contributed by atoms with Gasteiger partial charge in [0.1, 0.15) is 11.1 Å². The molecule has 0 saturated heterocycles. The summed E-state index contributed by atoms with van der Waals surface area (Å²) in [7, 11) is 0. The van der Waals surface area contributed by atoms with Crippen molar-refractivity contribution in [3.8, 4) is 0 Å². The van der Waals surface area contributed by atoms with E-state index in [0.29, 0.717) is 12.8 Å². The molecule has 0 aliphatic rings. The normalized spacial score (nSPS) is 13.9. The molecule has 2 rings (SSSR count). The van der Waals surface area contributed by atoms with E-state index in [2.05, 4.69) is 6.58 Å². The van der Waals surface area contributed by atoms with Crippen molar-refractivity contribution in [2.45, 2.75) is 50.7 Å². The van der Waals surface area contributed by atoms with Crippen LogP contribution < -0.4 is 5.73 Å². The number of hydrogen-bond acceptors (Lipinski definition) is 3. The number of benzene rings is 2. The Hall–Kier alpha value is -2.39. The van der Waals surface area contributed by atoms with Crippen LogP contribution in [0.25, 0.3) is 0 Å². The molecule has 0 fully saturated rings. The van der Waals surface area contributed by atoms with E-state index in [4.69, 9.17) is 10.5 Å². The highest BCUT2D eigenvalue weighted by Crippen LogP contribution is 2.38. The summed E-state index contributed by atoms with van der Waals surface area (Å²) >= 11 is 0. The molecule has 2 N–H and O–H groups in total. The predicted molar refractivity (Wildman–Crippen MR) is 107 cm³/mol. The quantitative estimate of drug-likeness (QED) is 0.574. The van der Waals surface area contributed by atoms with Gasteiger partial charge in [-0.25, -0.2) is 0 Å². The molecule has 0 saturated carbocycles. The van der Waals surface area contributed by atoms with Gasteiger partial charge in [-0.1, -0.05) is 66.7 Å². The minimum Gasteiger partial charge on any atom is -0.459 e. The summed E-state index contributed by atoms with van der Waals surface area (Å²) in [6, 6.07) is 19.8. The fraction of sp³-hybridized carbons (Fsp3) is 0.348. The second-order valence-electron chi connectivity index (χ2n) is 7.62. The van der Waals surface area contributed by atoms with Crippen LogP contribution in [0.2, 0.25) is 0 Å². The molecule has 3 heteroatoms. The highest BCUT2D eigenvalue weighted by molar-refractivity contribution is 5.83. The van der Waals surface area contributed by atoms with Gasteiger partial charge >= 0.3 is 5.97 Å². The van der Waals surface area contributed by atoms with E-state index in [1.165, 1.54) is 0 Å². The molecule has 0 radical (unpaired) electrons. The van der Waals surface area contributed by atoms with Crippen molar-refractivity contribution in [1.82, 2.24) is 0 Å². The lowest BCUT2D eigenvalue weighted by atomic mass is 9.73. The van der Waals surface area contributed by atoms with Crippen molar-refractivity contribution in [2.24, 2.45) is 5.73 Å². The number of allylic oxidation sites excluding steroid dienone is 1. The maximum absolute atomic E-state index is 13.2. The van der Waals surface area contributed by atoms with Crippen molar-refractivity contribution in [1.29, 1.82) is 0 Å². The van der Waals surface area contributed by atoms with E-state index in [-0.39, 0.29) is 11.9 Å². The number of esters is 1. The Labute approximate surface area is 156 Å². The smallest absolute Gasteiger partial charge is 0.327 e. The zero-order valence-corrected chi connectivity index (χ0v) is 15.9. The number of carbonyl (C=O) groups is 1. The van der Waals surface area contributed by atoms with Gasteiger partial charge in [0.15, 0.2) is 0 Å². The van der Waals surface area contributed by atoms with Gasteiger partial charge in [0.25, 0.3) is 0 Å². The molecule has 0 aliphatic heterocycles. The first kappa shape index (κ1) is 19.9. The Kier molecular flexibility index (Phi) is 6.38. The zero-order chi connectivity index (χ0) is 19.2. The molecule has 0 spiro atoms. The fourth-order valence-corrected chi connectivity index (χ4v) is 3.16. The van der Waals surface area contributed by atoms with Crippen molar-refractivity contribution < 1.29 is 9.53 Å². The Balaban J connectivity index is 2.58. The highest BCUT2D eigenvalue weighted by Gasteiger charge is 2.45. The Bertz CT molecular complexity index is 679. The molecule has 1 atom stereocenters. The Morgan fingerprint density at radius 1 is 1.04 bits per heavy atom. The van der Waals surface area contributed by atoms with Gasteiger partial charge < -0.3 is 10.5 Å². The summed E-state index contributed by atoms with van der Waals surface area (Å²) in [6.45, 7) is 9.37. The average molecular weight is 351 g/mol. The number of ether oxygens (including phenoxy) is 1. The van der Waals surface area contributed by atoms with Crippen LogP contribution in [0.1, 0.15) is 50.7 Å². The fourth-order valence-electron chi connectivity index (χ4n) is 3.16. The Morgan fingerprint density at radius 2 is 1.50 bits per heavy atom. The van der Waals surface area contributed by atoms with E-state index in [1.54, 1.807) is 6.08 Å². The van der Waals surface area contributed by atoms with E-state index < -0.39 is 11.1 Å². The van der Waals surface area contributed by atoms with Gasteiger partial charge in [-0.15, -0.1) is 6.58 Å². The van der Waals surface area contributed by atoms with E-state index in [1.807, 2.05) is 81.4 Å². The molecule has 138 valence electrons. The third kappa shape index (κ3) is 4.83. The second kappa shape index (κ2) is 8.33. The van der Waals surface area contributed by atoms with Gasteiger partial charge in [-0.3, -0.25) is 4.79 Å². The van der Waals surface area contributed by atoms with Crippen molar-refractivity contribution in [2.75, 3.05) is 0 Å². The number of carbonyl (C=O) groups excluding carboxylic acids is 1. The number of nitrogens with two attached hydrogens (primary N) is 1. The molecule has 1 unspecified atom stereocenters. The molecule has 0 amide bonds. The lowest BCUT2D eigenvalue weighted by molar-refractivity contribution is -0.162. The zero-order valence-electron chi connectivity index (χ0n) is 15.9. The van der Waals surface area contributed by atoms with Crippen LogP contribution in [0, 0.1) is 0 Å². The predicted octanol–water partition coefficient (Wildman–Crippen LogP) is 4.82. The van der Waals surface area contributed by atoms with Crippen molar-refractivity contribution >= 4 is 5.97 Å². The molecule has 0 aliphatic carbocycles. The molecule has 2 aromatic carbocycles. The summed E-state index contributed by atoms with van der Waals surface area (Å²) in [4.78, 5) is 13.2. The van der Waals surface area contributed by atoms with Crippen molar-refractivity contribution in [3.63, 3.8) is 0 Å². The number of rotatable bonds is 7. The summed E-state index contributed by atoms with van der Waals surface area (Å²) < 4.78 is 5.73. The first-order valence-corrected chi connectivity index (χ1v) is 9.01. The third-order valence-corrected chi connectivity index (χ3v) is 4.32. The molecular formula is C23H29NO2. The molecular weight excluding hydrogens is 322 g/mol. The first-order valence-electron chi connectivity index (χ1n) is 9.01. The maximum Gasteiger partial charge on any atom is 0.327 e. The maximum atomic E-state index is 13.2. The van der Waals surface area contributed by atoms with Crippen LogP contribution in [0.5, 0.6) is 0 Å². The SMILES string of the molecule is C=CCCC(N)(C(=O)OC(C)(C)C)C(c1ccccc1)c1ccccc1. The van der Waals surface area contributed by atoms with Gasteiger partial charge in [0.2, 0.25) is 0 Å². The summed E-state index contributed by atoms with van der Waals surface area (Å²) in [5, 5.41) is 0. The number of hydrogen-bond donors (Lipinski definition) is 1. The summed E-state index contributed by atoms with van der Waals surface area (Å²) in [5.41, 5.74) is 7.02. The average Bonchev–Trinajstić information content (AvgIpc) is 2.60. The topological polar surface area (TPSA) is 52.3 Å². The highest BCUT2D eigenvalue weighted by atomic mass is 16.6. The van der Waals surface area contributed by atoms with E-state index in [0.717, 1.165) is 11.1 Å². The molecule has 26 heavy (non-hydrogen) atoms. The lowest BCUT2D eigenvalue weighted by Gasteiger charge is -2.38. The monoisotopic (exact) mass is 351 g/mol. The Morgan fingerprint density at radius 3 is 1.88 bits per heavy atom. The second-order valence-corrected chi connectivity index (χ2v) is 7.62. The van der Waals surface area contributed by atoms with E-state index >= 15 is 0 Å². The molecule has 0 aromatic heterocycles. The van der Waals surface area contributed by atoms with Crippen LogP contribution in [-0.4, -0.2) is 17.1 Å². The minimum absolute atomic E-state index is 0.306. The van der Waals surface area contributed by atoms with Crippen molar-refractivity contribution in [3.05, 3.63) is 84.4 Å². The van der Waals surface area contributed by atoms with Gasteiger partial charge in [0, 0.05) is 5.92 Å². The molecule has 0 bridgehead atoms. The summed E-state index contributed by atoms with van der Waals surface area (Å²) in [5.74, 6) is -0.691. The van der Waals surface area contributed by atoms with Crippen LogP contribution in [0.15, 0.2) is 73.3 Å². The van der Waals surface area contributed by atoms with Crippen LogP contribution in [0.3, 0.4) is 0 Å². The standard InChI is InChI=1S/C23H29NO2/c1-5-6-17-23(24,21(25)26-22(2,3)4)20(18-13-9-7-10-14-18)19-15-11-8-12-16-19/h5,7-16,20H,1,6,17,24H2,2-4H3. The van der Waals surface area contributed by atoms with Crippen LogP contribution in [-0.2, 0) is 9.53 Å². The summed E-state index contributed by atoms with van der Waals surface area (Å²) in [6.07, 6.45) is 2.88. The van der Waals surface area contributed by atoms with Crippen LogP contribution >= 0.6 is 0 Å². The van der Waals surface area contributed by atoms with Gasteiger partial charge in [0.05, 0.1) is 0 Å². The lowest BCUT2D eigenvalue weighted by Crippen LogP contribution is -2.55.